The van der Waals surface area contributed by atoms with Crippen molar-refractivity contribution in [3.05, 3.63) is 11.8 Å². The number of hydrogen-bond acceptors (Lipinski definition) is 4. The van der Waals surface area contributed by atoms with Gasteiger partial charge in [-0.25, -0.2) is 0 Å². The van der Waals surface area contributed by atoms with Gasteiger partial charge in [-0.05, 0) is 25.3 Å². The Kier molecular flexibility index (Phi) is 3.19. The normalized spacial score (nSPS) is 36.1. The van der Waals surface area contributed by atoms with E-state index in [1.807, 2.05) is 13.0 Å². The van der Waals surface area contributed by atoms with E-state index in [0.717, 1.165) is 12.2 Å². The second-order valence-corrected chi connectivity index (χ2v) is 4.26. The van der Waals surface area contributed by atoms with Crippen LogP contribution in [0.1, 0.15) is 13.3 Å². The Morgan fingerprint density at radius 1 is 1.50 bits per heavy atom. The number of carbonyl (C=O) groups is 1. The minimum absolute atomic E-state index is 0.184. The van der Waals surface area contributed by atoms with Crippen molar-refractivity contribution in [3.63, 3.8) is 0 Å². The fraction of sp³-hybridized carbons (Fsp3) is 0.750. The smallest absolute Gasteiger partial charge is 0.316 e. The zero-order valence-electron chi connectivity index (χ0n) is 9.93. The molecule has 0 aromatic rings. The molecule has 0 bridgehead atoms. The van der Waals surface area contributed by atoms with Gasteiger partial charge in [-0.3, -0.25) is 4.79 Å². The van der Waals surface area contributed by atoms with Crippen LogP contribution in [0.5, 0.6) is 0 Å². The van der Waals surface area contributed by atoms with Crippen molar-refractivity contribution in [2.24, 2.45) is 17.8 Å². The number of carbonyl (C=O) groups excluding carboxylic acids is 1. The highest BCUT2D eigenvalue weighted by Crippen LogP contribution is 2.52. The molecule has 0 aromatic carbocycles. The van der Waals surface area contributed by atoms with E-state index in [0.29, 0.717) is 18.4 Å². The van der Waals surface area contributed by atoms with Crippen molar-refractivity contribution in [1.82, 2.24) is 0 Å². The first-order valence-electron chi connectivity index (χ1n) is 5.68. The van der Waals surface area contributed by atoms with Gasteiger partial charge in [-0.15, -0.1) is 0 Å². The second kappa shape index (κ2) is 4.45. The van der Waals surface area contributed by atoms with E-state index in [1.54, 1.807) is 14.2 Å². The molecule has 4 nitrogen and oxygen atoms in total. The van der Waals surface area contributed by atoms with E-state index in [2.05, 4.69) is 0 Å². The number of rotatable bonds is 4. The van der Waals surface area contributed by atoms with Crippen molar-refractivity contribution in [2.45, 2.75) is 19.4 Å². The molecule has 4 heteroatoms. The Hall–Kier alpha value is -1.03. The summed E-state index contributed by atoms with van der Waals surface area (Å²) in [7, 11) is 3.31. The summed E-state index contributed by atoms with van der Waals surface area (Å²) in [5, 5.41) is 0. The number of esters is 1. The number of ether oxygens (including phenoxy) is 3. The maximum atomic E-state index is 11.7. The maximum Gasteiger partial charge on any atom is 0.316 e. The highest BCUT2D eigenvalue weighted by molar-refractivity contribution is 5.75. The van der Waals surface area contributed by atoms with E-state index < -0.39 is 0 Å². The van der Waals surface area contributed by atoms with Crippen LogP contribution in [0.2, 0.25) is 0 Å². The minimum Gasteiger partial charge on any atom is -0.501 e. The molecule has 0 spiro atoms. The first-order valence-corrected chi connectivity index (χ1v) is 5.68. The minimum atomic E-state index is -0.244. The molecule has 2 aliphatic rings. The predicted molar refractivity (Wildman–Crippen MR) is 57.6 cm³/mol. The highest BCUT2D eigenvalue weighted by atomic mass is 16.5. The topological polar surface area (TPSA) is 44.8 Å². The average Bonchev–Trinajstić information content (AvgIpc) is 2.99. The number of hydrogen-bond donors (Lipinski definition) is 0. The van der Waals surface area contributed by atoms with Gasteiger partial charge in [0.15, 0.2) is 0 Å². The monoisotopic (exact) mass is 226 g/mol. The Bertz CT molecular complexity index is 310. The lowest BCUT2D eigenvalue weighted by atomic mass is 9.94. The third-order valence-corrected chi connectivity index (χ3v) is 3.44. The van der Waals surface area contributed by atoms with E-state index in [1.165, 1.54) is 0 Å². The summed E-state index contributed by atoms with van der Waals surface area (Å²) in [6.07, 6.45) is 3.05. The van der Waals surface area contributed by atoms with Gasteiger partial charge >= 0.3 is 5.97 Å². The van der Waals surface area contributed by atoms with Crippen LogP contribution in [-0.2, 0) is 19.0 Å². The van der Waals surface area contributed by atoms with Crippen LogP contribution in [-0.4, -0.2) is 32.9 Å². The van der Waals surface area contributed by atoms with Gasteiger partial charge in [-0.1, -0.05) is 0 Å². The lowest BCUT2D eigenvalue weighted by molar-refractivity contribution is -0.148. The fourth-order valence-electron chi connectivity index (χ4n) is 2.57. The summed E-state index contributed by atoms with van der Waals surface area (Å²) in [6.45, 7) is 2.23. The molecule has 0 amide bonds. The molecule has 16 heavy (non-hydrogen) atoms. The van der Waals surface area contributed by atoms with Crippen LogP contribution in [0.15, 0.2) is 11.8 Å². The van der Waals surface area contributed by atoms with Crippen LogP contribution >= 0.6 is 0 Å². The first kappa shape index (κ1) is 11.5. The zero-order chi connectivity index (χ0) is 11.7. The molecular formula is C12H18O4. The van der Waals surface area contributed by atoms with Gasteiger partial charge in [0.05, 0.1) is 19.8 Å². The van der Waals surface area contributed by atoms with Crippen LogP contribution in [0, 0.1) is 17.8 Å². The van der Waals surface area contributed by atoms with Crippen LogP contribution in [0.3, 0.4) is 0 Å². The van der Waals surface area contributed by atoms with Crippen molar-refractivity contribution in [3.8, 4) is 0 Å². The number of methoxy groups -OCH3 is 2. The van der Waals surface area contributed by atoms with Crippen molar-refractivity contribution < 1.29 is 19.0 Å². The van der Waals surface area contributed by atoms with Gasteiger partial charge in [0.25, 0.3) is 0 Å². The quantitative estimate of drug-likeness (QED) is 0.679. The first-order chi connectivity index (χ1) is 7.72. The maximum absolute atomic E-state index is 11.7. The molecule has 2 aliphatic carbocycles. The highest BCUT2D eigenvalue weighted by Gasteiger charge is 2.55. The van der Waals surface area contributed by atoms with Crippen LogP contribution < -0.4 is 0 Å². The molecule has 0 heterocycles. The van der Waals surface area contributed by atoms with E-state index in [-0.39, 0.29) is 18.0 Å². The van der Waals surface area contributed by atoms with E-state index in [4.69, 9.17) is 14.2 Å². The lowest BCUT2D eigenvalue weighted by Crippen LogP contribution is -2.23. The van der Waals surface area contributed by atoms with Crippen LogP contribution in [0.4, 0.5) is 0 Å². The summed E-state index contributed by atoms with van der Waals surface area (Å²) in [5.74, 6) is 1.19. The summed E-state index contributed by atoms with van der Waals surface area (Å²) >= 11 is 0. The molecule has 0 radical (unpaired) electrons. The molecule has 0 saturated heterocycles. The van der Waals surface area contributed by atoms with Crippen molar-refractivity contribution >= 4 is 5.97 Å². The Morgan fingerprint density at radius 3 is 2.81 bits per heavy atom. The average molecular weight is 226 g/mol. The summed E-state index contributed by atoms with van der Waals surface area (Å²) in [6, 6.07) is 0. The zero-order valence-corrected chi connectivity index (χ0v) is 9.93. The van der Waals surface area contributed by atoms with Gasteiger partial charge in [0.1, 0.15) is 11.7 Å². The Morgan fingerprint density at radius 2 is 2.25 bits per heavy atom. The molecule has 90 valence electrons. The van der Waals surface area contributed by atoms with E-state index in [9.17, 15) is 4.79 Å². The van der Waals surface area contributed by atoms with Gasteiger partial charge in [0.2, 0.25) is 0 Å². The largest absolute Gasteiger partial charge is 0.501 e. The van der Waals surface area contributed by atoms with Crippen LogP contribution in [0.25, 0.3) is 0 Å². The van der Waals surface area contributed by atoms with E-state index >= 15 is 0 Å². The molecule has 0 aromatic heterocycles. The van der Waals surface area contributed by atoms with Crippen molar-refractivity contribution in [2.75, 3.05) is 20.8 Å². The third kappa shape index (κ3) is 1.82. The van der Waals surface area contributed by atoms with Gasteiger partial charge in [-0.2, -0.15) is 0 Å². The standard InChI is InChI=1S/C12H18O4/c1-4-16-12(13)9-5-7-8(11(7)15-3)6-10(9)14-2/h6-9,11H,4-5H2,1-3H3/t7-,8+,9-,11-/m1/s1. The summed E-state index contributed by atoms with van der Waals surface area (Å²) < 4.78 is 15.7. The molecule has 0 unspecified atom stereocenters. The molecule has 0 aliphatic heterocycles. The summed E-state index contributed by atoms with van der Waals surface area (Å²) in [4.78, 5) is 11.7. The Labute approximate surface area is 95.6 Å². The molecule has 0 N–H and O–H groups in total. The molecule has 2 rings (SSSR count). The van der Waals surface area contributed by atoms with Gasteiger partial charge in [0, 0.05) is 13.0 Å². The molecule has 1 fully saturated rings. The summed E-state index contributed by atoms with van der Waals surface area (Å²) in [5.41, 5.74) is 0. The van der Waals surface area contributed by atoms with Gasteiger partial charge < -0.3 is 14.2 Å². The predicted octanol–water partition coefficient (Wildman–Crippen LogP) is 1.36. The fourth-order valence-corrected chi connectivity index (χ4v) is 2.57. The SMILES string of the molecule is CCOC(=O)[C@@H]1C[C@@H]2[C@H](C=C1OC)[C@@H]2OC. The Balaban J connectivity index is 2.07. The molecule has 1 saturated carbocycles. The lowest BCUT2D eigenvalue weighted by Gasteiger charge is -2.20. The third-order valence-electron chi connectivity index (χ3n) is 3.44. The molecule has 4 atom stereocenters. The molecular weight excluding hydrogens is 208 g/mol. The second-order valence-electron chi connectivity index (χ2n) is 4.26. The number of fused-ring (bicyclic) bond motifs is 1. The van der Waals surface area contributed by atoms with Crippen molar-refractivity contribution in [1.29, 1.82) is 0 Å².